The molecule has 0 unspecified atom stereocenters. The van der Waals surface area contributed by atoms with Crippen molar-refractivity contribution in [3.8, 4) is 5.75 Å². The Balaban J connectivity index is 3.03. The van der Waals surface area contributed by atoms with Crippen molar-refractivity contribution >= 4 is 24.8 Å². The molecule has 0 atom stereocenters. The van der Waals surface area contributed by atoms with Gasteiger partial charge >= 0.3 is 6.36 Å². The average Bonchev–Trinajstić information content (AvgIpc) is 2.15. The van der Waals surface area contributed by atoms with Crippen LogP contribution in [-0.4, -0.2) is 19.8 Å². The molecule has 0 aliphatic carbocycles. The zero-order valence-electron chi connectivity index (χ0n) is 7.58. The quantitative estimate of drug-likeness (QED) is 0.714. The summed E-state index contributed by atoms with van der Waals surface area (Å²) in [5, 5.41) is 0. The third-order valence-electron chi connectivity index (χ3n) is 1.52. The lowest BCUT2D eigenvalue weighted by atomic mass is 10.2. The number of alkyl halides is 3. The summed E-state index contributed by atoms with van der Waals surface area (Å²) in [4.78, 5) is 7.06. The van der Waals surface area contributed by atoms with Gasteiger partial charge in [0.2, 0.25) is 0 Å². The van der Waals surface area contributed by atoms with Gasteiger partial charge < -0.3 is 4.74 Å². The Morgan fingerprint density at radius 2 is 1.67 bits per heavy atom. The van der Waals surface area contributed by atoms with E-state index in [4.69, 9.17) is 0 Å². The van der Waals surface area contributed by atoms with Crippen LogP contribution >= 0.6 is 0 Å². The second-order valence-corrected chi connectivity index (χ2v) is 2.51. The standard InChI is InChI=1S/C9H7F3N2O/c1-13-7-4-3-6(5-8(7)14-2)15-9(10,11)12/h3-5H,1-2H2. The molecule has 6 heteroatoms. The molecule has 0 spiro atoms. The van der Waals surface area contributed by atoms with Crippen molar-refractivity contribution in [3.05, 3.63) is 18.2 Å². The summed E-state index contributed by atoms with van der Waals surface area (Å²) >= 11 is 0. The SMILES string of the molecule is C=Nc1ccc(OC(F)(F)F)cc1N=C. The van der Waals surface area contributed by atoms with Gasteiger partial charge in [-0.15, -0.1) is 13.2 Å². The molecule has 0 saturated heterocycles. The summed E-state index contributed by atoms with van der Waals surface area (Å²) in [6.07, 6.45) is -4.72. The monoisotopic (exact) mass is 216 g/mol. The molecule has 0 N–H and O–H groups in total. The molecule has 1 aromatic rings. The second kappa shape index (κ2) is 4.12. The first-order chi connectivity index (χ1) is 6.96. The third-order valence-corrected chi connectivity index (χ3v) is 1.52. The number of halogens is 3. The van der Waals surface area contributed by atoms with Crippen molar-refractivity contribution < 1.29 is 17.9 Å². The molecule has 0 aromatic heterocycles. The molecule has 0 fully saturated rings. The molecule has 15 heavy (non-hydrogen) atoms. The van der Waals surface area contributed by atoms with Crippen LogP contribution in [0.15, 0.2) is 28.2 Å². The van der Waals surface area contributed by atoms with E-state index in [1.807, 2.05) is 0 Å². The molecule has 0 bridgehead atoms. The normalized spacial score (nSPS) is 10.9. The van der Waals surface area contributed by atoms with Gasteiger partial charge in [-0.1, -0.05) is 0 Å². The highest BCUT2D eigenvalue weighted by Gasteiger charge is 2.31. The van der Waals surface area contributed by atoms with E-state index in [-0.39, 0.29) is 11.4 Å². The fourth-order valence-corrected chi connectivity index (χ4v) is 0.961. The van der Waals surface area contributed by atoms with Gasteiger partial charge in [0, 0.05) is 6.07 Å². The first-order valence-corrected chi connectivity index (χ1v) is 3.79. The molecule has 1 aromatic carbocycles. The molecule has 0 heterocycles. The smallest absolute Gasteiger partial charge is 0.406 e. The Hall–Kier alpha value is -1.85. The minimum atomic E-state index is -4.72. The zero-order chi connectivity index (χ0) is 11.5. The van der Waals surface area contributed by atoms with Crippen molar-refractivity contribution in [2.24, 2.45) is 9.98 Å². The lowest BCUT2D eigenvalue weighted by Crippen LogP contribution is -2.16. The van der Waals surface area contributed by atoms with Crippen molar-refractivity contribution in [1.82, 2.24) is 0 Å². The summed E-state index contributed by atoms with van der Waals surface area (Å²) in [6, 6.07) is 3.54. The van der Waals surface area contributed by atoms with Gasteiger partial charge in [0.05, 0.1) is 11.4 Å². The summed E-state index contributed by atoms with van der Waals surface area (Å²) in [7, 11) is 0. The number of rotatable bonds is 3. The zero-order valence-corrected chi connectivity index (χ0v) is 7.58. The fourth-order valence-electron chi connectivity index (χ4n) is 0.961. The van der Waals surface area contributed by atoms with Crippen molar-refractivity contribution in [2.75, 3.05) is 0 Å². The molecule has 0 radical (unpaired) electrons. The van der Waals surface area contributed by atoms with E-state index in [9.17, 15) is 13.2 Å². The molecule has 0 aliphatic rings. The third kappa shape index (κ3) is 3.08. The average molecular weight is 216 g/mol. The summed E-state index contributed by atoms with van der Waals surface area (Å²) in [6.45, 7) is 6.45. The highest BCUT2D eigenvalue weighted by molar-refractivity contribution is 5.68. The predicted octanol–water partition coefficient (Wildman–Crippen LogP) is 3.25. The topological polar surface area (TPSA) is 34.0 Å². The lowest BCUT2D eigenvalue weighted by Gasteiger charge is -2.09. The summed E-state index contributed by atoms with van der Waals surface area (Å²) in [5.41, 5.74) is 0.534. The maximum absolute atomic E-state index is 11.9. The van der Waals surface area contributed by atoms with Crippen LogP contribution in [0.3, 0.4) is 0 Å². The van der Waals surface area contributed by atoms with Crippen LogP contribution in [0, 0.1) is 0 Å². The molecular formula is C9H7F3N2O. The molecular weight excluding hydrogens is 209 g/mol. The van der Waals surface area contributed by atoms with Crippen LogP contribution < -0.4 is 4.74 Å². The number of ether oxygens (including phenoxy) is 1. The van der Waals surface area contributed by atoms with E-state index in [0.717, 1.165) is 12.1 Å². The van der Waals surface area contributed by atoms with Crippen LogP contribution in [0.1, 0.15) is 0 Å². The minimum Gasteiger partial charge on any atom is -0.406 e. The molecule has 1 rings (SSSR count). The van der Waals surface area contributed by atoms with E-state index in [1.54, 1.807) is 0 Å². The van der Waals surface area contributed by atoms with E-state index >= 15 is 0 Å². The molecule has 0 saturated carbocycles. The molecule has 80 valence electrons. The maximum atomic E-state index is 11.9. The van der Waals surface area contributed by atoms with Gasteiger partial charge in [-0.2, -0.15) is 0 Å². The number of hydrogen-bond acceptors (Lipinski definition) is 3. The van der Waals surface area contributed by atoms with E-state index in [1.165, 1.54) is 6.07 Å². The Morgan fingerprint density at radius 3 is 2.13 bits per heavy atom. The van der Waals surface area contributed by atoms with Crippen molar-refractivity contribution in [3.63, 3.8) is 0 Å². The summed E-state index contributed by atoms with van der Waals surface area (Å²) in [5.74, 6) is -0.364. The number of benzene rings is 1. The maximum Gasteiger partial charge on any atom is 0.573 e. The van der Waals surface area contributed by atoms with E-state index in [0.29, 0.717) is 5.69 Å². The lowest BCUT2D eigenvalue weighted by molar-refractivity contribution is -0.274. The minimum absolute atomic E-state index is 0.187. The van der Waals surface area contributed by atoms with Gasteiger partial charge in [0.25, 0.3) is 0 Å². The van der Waals surface area contributed by atoms with Crippen LogP contribution in [0.4, 0.5) is 24.5 Å². The Bertz CT molecular complexity index is 387. The van der Waals surface area contributed by atoms with Crippen LogP contribution in [-0.2, 0) is 0 Å². The second-order valence-electron chi connectivity index (χ2n) is 2.51. The first-order valence-electron chi connectivity index (χ1n) is 3.79. The Kier molecular flexibility index (Phi) is 3.08. The Labute approximate surface area is 83.9 Å². The molecule has 0 aliphatic heterocycles. The Morgan fingerprint density at radius 1 is 1.07 bits per heavy atom. The summed E-state index contributed by atoms with van der Waals surface area (Å²) < 4.78 is 39.3. The first kappa shape index (κ1) is 11.2. The van der Waals surface area contributed by atoms with Crippen LogP contribution in [0.5, 0.6) is 5.75 Å². The van der Waals surface area contributed by atoms with Gasteiger partial charge in [0.1, 0.15) is 5.75 Å². The van der Waals surface area contributed by atoms with Crippen LogP contribution in [0.2, 0.25) is 0 Å². The van der Waals surface area contributed by atoms with Crippen molar-refractivity contribution in [1.29, 1.82) is 0 Å². The highest BCUT2D eigenvalue weighted by Crippen LogP contribution is 2.33. The number of hydrogen-bond donors (Lipinski definition) is 0. The van der Waals surface area contributed by atoms with Crippen molar-refractivity contribution in [2.45, 2.75) is 6.36 Å². The van der Waals surface area contributed by atoms with Gasteiger partial charge in [-0.05, 0) is 25.6 Å². The predicted molar refractivity (Wildman–Crippen MR) is 51.5 cm³/mol. The van der Waals surface area contributed by atoms with E-state index in [2.05, 4.69) is 28.2 Å². The number of aliphatic imine (C=N–C) groups is 2. The van der Waals surface area contributed by atoms with Gasteiger partial charge in [-0.25, -0.2) is 0 Å². The van der Waals surface area contributed by atoms with E-state index < -0.39 is 6.36 Å². The largest absolute Gasteiger partial charge is 0.573 e. The highest BCUT2D eigenvalue weighted by atomic mass is 19.4. The van der Waals surface area contributed by atoms with Crippen LogP contribution in [0.25, 0.3) is 0 Å². The van der Waals surface area contributed by atoms with Gasteiger partial charge in [-0.3, -0.25) is 9.98 Å². The van der Waals surface area contributed by atoms with Gasteiger partial charge in [0.15, 0.2) is 0 Å². The molecule has 0 amide bonds. The fraction of sp³-hybridized carbons (Fsp3) is 0.111. The molecule has 3 nitrogen and oxygen atoms in total. The number of nitrogens with zero attached hydrogens (tertiary/aromatic N) is 2.